The summed E-state index contributed by atoms with van der Waals surface area (Å²) < 4.78 is 19.3. The van der Waals surface area contributed by atoms with Gasteiger partial charge in [-0.1, -0.05) is 31.9 Å². The van der Waals surface area contributed by atoms with Crippen molar-refractivity contribution in [3.63, 3.8) is 0 Å². The van der Waals surface area contributed by atoms with Crippen LogP contribution in [0, 0.1) is 11.7 Å². The van der Waals surface area contributed by atoms with E-state index in [0.29, 0.717) is 12.3 Å². The van der Waals surface area contributed by atoms with E-state index in [1.807, 2.05) is 6.92 Å². The average Bonchev–Trinajstić information content (AvgIpc) is 3.35. The highest BCUT2D eigenvalue weighted by atomic mass is 19.1. The Hall–Kier alpha value is -1.78. The standard InChI is InChI=1S/C17H26FN3O/c1-3-14(22-16-7-5-4-6-15(16)18)12-21-17(19-2)20-11-10-13-8-9-13/h4-7,13-14H,3,8-12H2,1-2H3,(H2,19,20,21). The summed E-state index contributed by atoms with van der Waals surface area (Å²) in [6.07, 6.45) is 4.62. The molecule has 0 aliphatic heterocycles. The van der Waals surface area contributed by atoms with Crippen LogP contribution in [-0.2, 0) is 0 Å². The molecule has 5 heteroatoms. The molecule has 0 radical (unpaired) electrons. The molecule has 1 aromatic rings. The second kappa shape index (κ2) is 8.61. The van der Waals surface area contributed by atoms with Gasteiger partial charge in [0.15, 0.2) is 17.5 Å². The number of hydrogen-bond acceptors (Lipinski definition) is 2. The Morgan fingerprint density at radius 1 is 1.36 bits per heavy atom. The molecule has 0 spiro atoms. The second-order valence-corrected chi connectivity index (χ2v) is 5.69. The maximum Gasteiger partial charge on any atom is 0.191 e. The monoisotopic (exact) mass is 307 g/mol. The smallest absolute Gasteiger partial charge is 0.191 e. The summed E-state index contributed by atoms with van der Waals surface area (Å²) >= 11 is 0. The lowest BCUT2D eigenvalue weighted by Gasteiger charge is -2.20. The van der Waals surface area contributed by atoms with Crippen LogP contribution in [0.25, 0.3) is 0 Å². The SMILES string of the molecule is CCC(CNC(=NC)NCCC1CC1)Oc1ccccc1F. The Bertz CT molecular complexity index is 489. The molecule has 2 N–H and O–H groups in total. The summed E-state index contributed by atoms with van der Waals surface area (Å²) in [5.74, 6) is 1.65. The van der Waals surface area contributed by atoms with Crippen LogP contribution < -0.4 is 15.4 Å². The molecule has 0 saturated heterocycles. The van der Waals surface area contributed by atoms with Crippen molar-refractivity contribution in [3.05, 3.63) is 30.1 Å². The molecule has 1 atom stereocenters. The highest BCUT2D eigenvalue weighted by Gasteiger charge is 2.20. The summed E-state index contributed by atoms with van der Waals surface area (Å²) in [6.45, 7) is 3.56. The van der Waals surface area contributed by atoms with E-state index >= 15 is 0 Å². The molecule has 4 nitrogen and oxygen atoms in total. The summed E-state index contributed by atoms with van der Waals surface area (Å²) in [4.78, 5) is 4.20. The minimum absolute atomic E-state index is 0.0983. The quantitative estimate of drug-likeness (QED) is 0.573. The fourth-order valence-corrected chi connectivity index (χ4v) is 2.22. The Kier molecular flexibility index (Phi) is 6.49. The number of halogens is 1. The highest BCUT2D eigenvalue weighted by molar-refractivity contribution is 5.79. The van der Waals surface area contributed by atoms with Gasteiger partial charge >= 0.3 is 0 Å². The second-order valence-electron chi connectivity index (χ2n) is 5.69. The molecule has 1 fully saturated rings. The Balaban J connectivity index is 1.75. The Labute approximate surface area is 132 Å². The highest BCUT2D eigenvalue weighted by Crippen LogP contribution is 2.31. The molecule has 1 aromatic carbocycles. The van der Waals surface area contributed by atoms with Crippen LogP contribution in [0.5, 0.6) is 5.75 Å². The molecule has 1 aliphatic carbocycles. The first kappa shape index (κ1) is 16.6. The van der Waals surface area contributed by atoms with E-state index in [4.69, 9.17) is 4.74 Å². The van der Waals surface area contributed by atoms with Crippen molar-refractivity contribution in [2.75, 3.05) is 20.1 Å². The molecule has 1 saturated carbocycles. The van der Waals surface area contributed by atoms with Crippen molar-refractivity contribution in [2.24, 2.45) is 10.9 Å². The summed E-state index contributed by atoms with van der Waals surface area (Å²) in [6, 6.07) is 6.50. The predicted octanol–water partition coefficient (Wildman–Crippen LogP) is 2.95. The van der Waals surface area contributed by atoms with Crippen LogP contribution in [0.15, 0.2) is 29.3 Å². The van der Waals surface area contributed by atoms with Gasteiger partial charge in [-0.15, -0.1) is 0 Å². The van der Waals surface area contributed by atoms with Gasteiger partial charge in [0.05, 0.1) is 6.54 Å². The van der Waals surface area contributed by atoms with Crippen molar-refractivity contribution in [2.45, 2.75) is 38.7 Å². The van der Waals surface area contributed by atoms with Crippen molar-refractivity contribution < 1.29 is 9.13 Å². The van der Waals surface area contributed by atoms with Crippen LogP contribution in [0.2, 0.25) is 0 Å². The van der Waals surface area contributed by atoms with E-state index < -0.39 is 0 Å². The molecule has 122 valence electrons. The first-order valence-corrected chi connectivity index (χ1v) is 8.08. The van der Waals surface area contributed by atoms with E-state index in [1.165, 1.54) is 25.3 Å². The molecule has 22 heavy (non-hydrogen) atoms. The summed E-state index contributed by atoms with van der Waals surface area (Å²) in [5.41, 5.74) is 0. The zero-order valence-corrected chi connectivity index (χ0v) is 13.4. The number of nitrogens with one attached hydrogen (secondary N) is 2. The number of rotatable bonds is 8. The van der Waals surface area contributed by atoms with E-state index in [2.05, 4.69) is 15.6 Å². The normalized spacial score (nSPS) is 16.2. The number of benzene rings is 1. The molecular formula is C17H26FN3O. The number of para-hydroxylation sites is 1. The maximum absolute atomic E-state index is 13.6. The van der Waals surface area contributed by atoms with Crippen molar-refractivity contribution in [1.29, 1.82) is 0 Å². The lowest BCUT2D eigenvalue weighted by molar-refractivity contribution is 0.191. The van der Waals surface area contributed by atoms with Gasteiger partial charge in [-0.3, -0.25) is 4.99 Å². The molecule has 0 amide bonds. The van der Waals surface area contributed by atoms with Crippen LogP contribution in [0.4, 0.5) is 4.39 Å². The van der Waals surface area contributed by atoms with Crippen molar-refractivity contribution >= 4 is 5.96 Å². The lowest BCUT2D eigenvalue weighted by atomic mass is 10.2. The molecule has 2 rings (SSSR count). The minimum Gasteiger partial charge on any atom is -0.486 e. The number of hydrogen-bond donors (Lipinski definition) is 2. The summed E-state index contributed by atoms with van der Waals surface area (Å²) in [7, 11) is 1.76. The molecule has 1 unspecified atom stereocenters. The molecule has 0 bridgehead atoms. The number of aliphatic imine (C=N–C) groups is 1. The van der Waals surface area contributed by atoms with Crippen molar-refractivity contribution in [3.8, 4) is 5.75 Å². The third-order valence-corrected chi connectivity index (χ3v) is 3.85. The van der Waals surface area contributed by atoms with Gasteiger partial charge in [0.25, 0.3) is 0 Å². The third kappa shape index (κ3) is 5.54. The largest absolute Gasteiger partial charge is 0.486 e. The van der Waals surface area contributed by atoms with Gasteiger partial charge in [-0.05, 0) is 30.9 Å². The van der Waals surface area contributed by atoms with Crippen LogP contribution >= 0.6 is 0 Å². The Morgan fingerprint density at radius 3 is 2.77 bits per heavy atom. The van der Waals surface area contributed by atoms with Crippen LogP contribution in [-0.4, -0.2) is 32.2 Å². The van der Waals surface area contributed by atoms with Crippen LogP contribution in [0.1, 0.15) is 32.6 Å². The number of nitrogens with zero attached hydrogens (tertiary/aromatic N) is 1. The fraction of sp³-hybridized carbons (Fsp3) is 0.588. The zero-order chi connectivity index (χ0) is 15.8. The third-order valence-electron chi connectivity index (χ3n) is 3.85. The molecular weight excluding hydrogens is 281 g/mol. The van der Waals surface area contributed by atoms with E-state index in [1.54, 1.807) is 25.2 Å². The first-order valence-electron chi connectivity index (χ1n) is 8.08. The fourth-order valence-electron chi connectivity index (χ4n) is 2.22. The van der Waals surface area contributed by atoms with E-state index in [0.717, 1.165) is 24.8 Å². The zero-order valence-electron chi connectivity index (χ0n) is 13.4. The van der Waals surface area contributed by atoms with Gasteiger partial charge < -0.3 is 15.4 Å². The van der Waals surface area contributed by atoms with Crippen LogP contribution in [0.3, 0.4) is 0 Å². The van der Waals surface area contributed by atoms with Gasteiger partial charge in [-0.25, -0.2) is 4.39 Å². The molecule has 0 heterocycles. The Morgan fingerprint density at radius 2 is 2.14 bits per heavy atom. The minimum atomic E-state index is -0.326. The maximum atomic E-state index is 13.6. The topological polar surface area (TPSA) is 45.7 Å². The number of guanidine groups is 1. The predicted molar refractivity (Wildman–Crippen MR) is 87.8 cm³/mol. The van der Waals surface area contributed by atoms with Gasteiger partial charge in [0.2, 0.25) is 0 Å². The van der Waals surface area contributed by atoms with E-state index in [9.17, 15) is 4.39 Å². The summed E-state index contributed by atoms with van der Waals surface area (Å²) in [5, 5.41) is 6.55. The molecule has 0 aromatic heterocycles. The molecule has 1 aliphatic rings. The van der Waals surface area contributed by atoms with Crippen molar-refractivity contribution in [1.82, 2.24) is 10.6 Å². The van der Waals surface area contributed by atoms with Gasteiger partial charge in [0, 0.05) is 13.6 Å². The van der Waals surface area contributed by atoms with Gasteiger partial charge in [-0.2, -0.15) is 0 Å². The lowest BCUT2D eigenvalue weighted by Crippen LogP contribution is -2.42. The first-order chi connectivity index (χ1) is 10.7. The number of ether oxygens (including phenoxy) is 1. The average molecular weight is 307 g/mol. The van der Waals surface area contributed by atoms with Gasteiger partial charge in [0.1, 0.15) is 6.10 Å². The van der Waals surface area contributed by atoms with E-state index in [-0.39, 0.29) is 11.9 Å².